The normalized spacial score (nSPS) is 15.0. The van der Waals surface area contributed by atoms with Gasteiger partial charge in [0.1, 0.15) is 5.75 Å². The summed E-state index contributed by atoms with van der Waals surface area (Å²) in [5.74, 6) is 1.43. The van der Waals surface area contributed by atoms with Crippen LogP contribution in [-0.4, -0.2) is 24.7 Å². The topological polar surface area (TPSA) is 49.1 Å². The fraction of sp³-hybridized carbons (Fsp3) is 0.250. The van der Waals surface area contributed by atoms with E-state index < -0.39 is 0 Å². The third-order valence-corrected chi connectivity index (χ3v) is 6.19. The minimum absolute atomic E-state index is 0.577. The molecule has 0 amide bonds. The third kappa shape index (κ3) is 4.08. The predicted octanol–water partition coefficient (Wildman–Crippen LogP) is 6.75. The first-order valence-electron chi connectivity index (χ1n) is 10.3. The zero-order valence-electron chi connectivity index (χ0n) is 16.5. The maximum absolute atomic E-state index is 6.36. The monoisotopic (exact) mass is 439 g/mol. The molecule has 0 bridgehead atoms. The Bertz CT molecular complexity index is 1180. The largest absolute Gasteiger partial charge is 0.491 e. The van der Waals surface area contributed by atoms with Crippen LogP contribution in [-0.2, 0) is 0 Å². The zero-order valence-corrected chi connectivity index (χ0v) is 18.0. The molecule has 1 aromatic heterocycles. The number of ether oxygens (including phenoxy) is 1. The number of rotatable bonds is 5. The van der Waals surface area contributed by atoms with E-state index in [0.717, 1.165) is 76.5 Å². The van der Waals surface area contributed by atoms with Crippen molar-refractivity contribution in [1.82, 2.24) is 10.3 Å². The molecule has 4 aromatic rings. The van der Waals surface area contributed by atoms with E-state index in [-0.39, 0.29) is 0 Å². The second-order valence-electron chi connectivity index (χ2n) is 7.85. The summed E-state index contributed by atoms with van der Waals surface area (Å²) in [5.41, 5.74) is 3.99. The molecular formula is C24H23Cl2N3O. The zero-order chi connectivity index (χ0) is 20.5. The molecule has 0 unspecified atom stereocenters. The molecule has 1 aliphatic rings. The molecule has 0 saturated carbocycles. The Morgan fingerprint density at radius 2 is 1.63 bits per heavy atom. The van der Waals surface area contributed by atoms with Crippen LogP contribution < -0.4 is 15.4 Å². The average molecular weight is 440 g/mol. The highest BCUT2D eigenvalue weighted by Crippen LogP contribution is 2.37. The Kier molecular flexibility index (Phi) is 5.47. The van der Waals surface area contributed by atoms with E-state index in [2.05, 4.69) is 27.8 Å². The number of hydrogen-bond acceptors (Lipinski definition) is 3. The van der Waals surface area contributed by atoms with Crippen molar-refractivity contribution in [3.63, 3.8) is 0 Å². The van der Waals surface area contributed by atoms with Gasteiger partial charge >= 0.3 is 0 Å². The summed E-state index contributed by atoms with van der Waals surface area (Å²) < 4.78 is 6.36. The summed E-state index contributed by atoms with van der Waals surface area (Å²) >= 11 is 12.3. The smallest absolute Gasteiger partial charge is 0.145 e. The van der Waals surface area contributed by atoms with Crippen molar-refractivity contribution in [2.24, 2.45) is 5.92 Å². The standard InChI is InChI=1S/C24H23Cl2N3O/c25-16-1-4-18(5-2-16)28-19-12-21-20-11-17(26)3-6-22(20)29-24(21)23(13-19)30-14-15-7-9-27-10-8-15/h1-6,11-13,15,27-29H,7-10,14H2. The van der Waals surface area contributed by atoms with Crippen molar-refractivity contribution in [3.05, 3.63) is 64.6 Å². The highest BCUT2D eigenvalue weighted by atomic mass is 35.5. The summed E-state index contributed by atoms with van der Waals surface area (Å²) in [5, 5.41) is 10.5. The van der Waals surface area contributed by atoms with Gasteiger partial charge in [-0.3, -0.25) is 0 Å². The molecule has 0 atom stereocenters. The maximum atomic E-state index is 6.36. The van der Waals surface area contributed by atoms with E-state index in [1.165, 1.54) is 0 Å². The Morgan fingerprint density at radius 3 is 2.43 bits per heavy atom. The molecule has 0 radical (unpaired) electrons. The Labute approximate surface area is 185 Å². The SMILES string of the molecule is Clc1ccc(Nc2cc(OCC3CCNCC3)c3[nH]c4ccc(Cl)cc4c3c2)cc1. The van der Waals surface area contributed by atoms with Gasteiger partial charge in [0.25, 0.3) is 0 Å². The first kappa shape index (κ1) is 19.6. The second-order valence-corrected chi connectivity index (χ2v) is 8.72. The van der Waals surface area contributed by atoms with E-state index in [1.807, 2.05) is 42.5 Å². The van der Waals surface area contributed by atoms with Gasteiger partial charge in [-0.2, -0.15) is 0 Å². The molecule has 0 aliphatic carbocycles. The number of H-pyrrole nitrogens is 1. The van der Waals surface area contributed by atoms with E-state index in [1.54, 1.807) is 0 Å². The van der Waals surface area contributed by atoms with Gasteiger partial charge in [0.2, 0.25) is 0 Å². The molecule has 5 rings (SSSR count). The molecular weight excluding hydrogens is 417 g/mol. The molecule has 0 spiro atoms. The van der Waals surface area contributed by atoms with Gasteiger partial charge in [-0.1, -0.05) is 23.2 Å². The van der Waals surface area contributed by atoms with Crippen LogP contribution in [0, 0.1) is 5.92 Å². The second kappa shape index (κ2) is 8.38. The summed E-state index contributed by atoms with van der Waals surface area (Å²) in [7, 11) is 0. The predicted molar refractivity (Wildman–Crippen MR) is 127 cm³/mol. The van der Waals surface area contributed by atoms with Crippen molar-refractivity contribution >= 4 is 56.4 Å². The fourth-order valence-electron chi connectivity index (χ4n) is 4.08. The molecule has 2 heterocycles. The van der Waals surface area contributed by atoms with E-state index in [4.69, 9.17) is 27.9 Å². The molecule has 3 aromatic carbocycles. The van der Waals surface area contributed by atoms with Crippen molar-refractivity contribution in [2.45, 2.75) is 12.8 Å². The molecule has 1 fully saturated rings. The average Bonchev–Trinajstić information content (AvgIpc) is 3.12. The Balaban J connectivity index is 1.54. The van der Waals surface area contributed by atoms with Crippen LogP contribution in [0.15, 0.2) is 54.6 Å². The van der Waals surface area contributed by atoms with E-state index in [0.29, 0.717) is 10.9 Å². The quantitative estimate of drug-likeness (QED) is 0.322. The van der Waals surface area contributed by atoms with Crippen LogP contribution in [0.5, 0.6) is 5.75 Å². The third-order valence-electron chi connectivity index (χ3n) is 5.70. The molecule has 1 aliphatic heterocycles. The summed E-state index contributed by atoms with van der Waals surface area (Å²) in [4.78, 5) is 3.52. The molecule has 1 saturated heterocycles. The number of fused-ring (bicyclic) bond motifs is 3. The molecule has 4 nitrogen and oxygen atoms in total. The van der Waals surface area contributed by atoms with Crippen LogP contribution >= 0.6 is 23.2 Å². The van der Waals surface area contributed by atoms with Crippen molar-refractivity contribution in [3.8, 4) is 5.75 Å². The van der Waals surface area contributed by atoms with Gasteiger partial charge in [0, 0.05) is 43.8 Å². The number of piperidine rings is 1. The van der Waals surface area contributed by atoms with Crippen molar-refractivity contribution < 1.29 is 4.74 Å². The van der Waals surface area contributed by atoms with Crippen molar-refractivity contribution in [2.75, 3.05) is 25.0 Å². The summed E-state index contributed by atoms with van der Waals surface area (Å²) in [6, 6.07) is 17.8. The van der Waals surface area contributed by atoms with E-state index >= 15 is 0 Å². The number of aromatic nitrogens is 1. The van der Waals surface area contributed by atoms with Crippen LogP contribution in [0.2, 0.25) is 10.0 Å². The first-order valence-corrected chi connectivity index (χ1v) is 11.0. The van der Waals surface area contributed by atoms with Crippen LogP contribution in [0.3, 0.4) is 0 Å². The Hall–Kier alpha value is -2.40. The highest BCUT2D eigenvalue weighted by Gasteiger charge is 2.17. The minimum Gasteiger partial charge on any atom is -0.491 e. The molecule has 30 heavy (non-hydrogen) atoms. The number of nitrogens with one attached hydrogen (secondary N) is 3. The van der Waals surface area contributed by atoms with Gasteiger partial charge < -0.3 is 20.4 Å². The van der Waals surface area contributed by atoms with Gasteiger partial charge in [0.05, 0.1) is 12.1 Å². The molecule has 3 N–H and O–H groups in total. The van der Waals surface area contributed by atoms with Crippen LogP contribution in [0.25, 0.3) is 21.8 Å². The van der Waals surface area contributed by atoms with Crippen LogP contribution in [0.4, 0.5) is 11.4 Å². The molecule has 6 heteroatoms. The summed E-state index contributed by atoms with van der Waals surface area (Å²) in [6.45, 7) is 2.84. The molecule has 154 valence electrons. The maximum Gasteiger partial charge on any atom is 0.145 e. The summed E-state index contributed by atoms with van der Waals surface area (Å²) in [6.07, 6.45) is 2.29. The van der Waals surface area contributed by atoms with Crippen LogP contribution in [0.1, 0.15) is 12.8 Å². The first-order chi connectivity index (χ1) is 14.7. The lowest BCUT2D eigenvalue weighted by Gasteiger charge is -2.23. The number of anilines is 2. The number of aromatic amines is 1. The lowest BCUT2D eigenvalue weighted by molar-refractivity contribution is 0.217. The highest BCUT2D eigenvalue weighted by molar-refractivity contribution is 6.32. The lowest BCUT2D eigenvalue weighted by atomic mass is 9.99. The van der Waals surface area contributed by atoms with Gasteiger partial charge in [0.15, 0.2) is 0 Å². The van der Waals surface area contributed by atoms with Gasteiger partial charge in [-0.05, 0) is 80.4 Å². The van der Waals surface area contributed by atoms with E-state index in [9.17, 15) is 0 Å². The fourth-order valence-corrected chi connectivity index (χ4v) is 4.38. The van der Waals surface area contributed by atoms with Gasteiger partial charge in [-0.15, -0.1) is 0 Å². The number of hydrogen-bond donors (Lipinski definition) is 3. The van der Waals surface area contributed by atoms with Gasteiger partial charge in [-0.25, -0.2) is 0 Å². The minimum atomic E-state index is 0.577. The Morgan fingerprint density at radius 1 is 0.867 bits per heavy atom. The lowest BCUT2D eigenvalue weighted by Crippen LogP contribution is -2.30. The number of halogens is 2. The number of benzene rings is 3. The van der Waals surface area contributed by atoms with Crippen molar-refractivity contribution in [1.29, 1.82) is 0 Å².